The molecule has 2 rings (SSSR count). The van der Waals surface area contributed by atoms with Crippen LogP contribution >= 0.6 is 0 Å². The summed E-state index contributed by atoms with van der Waals surface area (Å²) in [5.74, 6) is -0.398. The molecule has 0 amide bonds. The van der Waals surface area contributed by atoms with Gasteiger partial charge in [0.25, 0.3) is 0 Å². The number of halogens is 3. The van der Waals surface area contributed by atoms with Crippen molar-refractivity contribution >= 4 is 12.3 Å². The third-order valence-electron chi connectivity index (χ3n) is 3.18. The number of carboxylic acids is 1. The van der Waals surface area contributed by atoms with Gasteiger partial charge in [-0.05, 0) is 5.92 Å². The first-order valence-electron chi connectivity index (χ1n) is 7.08. The fraction of sp³-hybridized carbons (Fsp3) is 0.692. The topological polar surface area (TPSA) is 101 Å². The van der Waals surface area contributed by atoms with Crippen molar-refractivity contribution in [3.05, 3.63) is 11.7 Å². The lowest BCUT2D eigenvalue weighted by Crippen LogP contribution is -2.27. The number of aliphatic carboxylic acids is 1. The first-order chi connectivity index (χ1) is 10.7. The van der Waals surface area contributed by atoms with Crippen molar-refractivity contribution in [2.75, 3.05) is 13.1 Å². The highest BCUT2D eigenvalue weighted by atomic mass is 19.4. The summed E-state index contributed by atoms with van der Waals surface area (Å²) in [4.78, 5) is 17.5. The second-order valence-electron chi connectivity index (χ2n) is 5.17. The molecule has 1 aliphatic rings. The van der Waals surface area contributed by atoms with E-state index in [-0.39, 0.29) is 5.92 Å². The molecule has 0 fully saturated rings. The lowest BCUT2D eigenvalue weighted by molar-refractivity contribution is -0.192. The minimum Gasteiger partial charge on any atom is -0.475 e. The molecule has 0 radical (unpaired) electrons. The highest BCUT2D eigenvalue weighted by molar-refractivity contribution is 5.73. The summed E-state index contributed by atoms with van der Waals surface area (Å²) in [5.41, 5.74) is 0. The van der Waals surface area contributed by atoms with Crippen molar-refractivity contribution in [2.24, 2.45) is 10.9 Å². The van der Waals surface area contributed by atoms with E-state index in [1.807, 2.05) is 0 Å². The van der Waals surface area contributed by atoms with Crippen LogP contribution in [-0.2, 0) is 11.2 Å². The highest BCUT2D eigenvalue weighted by Crippen LogP contribution is 2.16. The summed E-state index contributed by atoms with van der Waals surface area (Å²) in [5, 5.41) is 14.2. The van der Waals surface area contributed by atoms with Gasteiger partial charge in [-0.15, -0.1) is 0 Å². The number of nitrogens with zero attached hydrogens (tertiary/aromatic N) is 3. The van der Waals surface area contributed by atoms with E-state index >= 15 is 0 Å². The molecule has 1 aromatic rings. The standard InChI is InChI=1S/C11H18N4O.C2HF3O2/c1-3-8(2)4-10-14-11(16-15-10)9-5-12-7-13-6-9;3-2(4,5)1(6)7/h7-9H,3-6H2,1-2H3,(H,12,13);(H,6,7). The molecule has 130 valence electrons. The van der Waals surface area contributed by atoms with Gasteiger partial charge in [0.05, 0.1) is 18.8 Å². The van der Waals surface area contributed by atoms with E-state index < -0.39 is 12.1 Å². The van der Waals surface area contributed by atoms with Crippen LogP contribution in [0.2, 0.25) is 0 Å². The Labute approximate surface area is 131 Å². The Balaban J connectivity index is 0.000000322. The van der Waals surface area contributed by atoms with Crippen LogP contribution in [-0.4, -0.2) is 46.8 Å². The normalized spacial score (nSPS) is 18.6. The van der Waals surface area contributed by atoms with Gasteiger partial charge in [0.2, 0.25) is 5.89 Å². The zero-order valence-corrected chi connectivity index (χ0v) is 12.8. The van der Waals surface area contributed by atoms with E-state index in [0.717, 1.165) is 31.8 Å². The molecule has 1 aromatic heterocycles. The van der Waals surface area contributed by atoms with Crippen LogP contribution in [0, 0.1) is 5.92 Å². The van der Waals surface area contributed by atoms with E-state index in [0.29, 0.717) is 11.8 Å². The molecular weight excluding hydrogens is 317 g/mol. The van der Waals surface area contributed by atoms with Crippen LogP contribution in [0.4, 0.5) is 13.2 Å². The highest BCUT2D eigenvalue weighted by Gasteiger charge is 2.38. The Bertz CT molecular complexity index is 531. The summed E-state index contributed by atoms with van der Waals surface area (Å²) in [6.07, 6.45) is -1.32. The lowest BCUT2D eigenvalue weighted by Gasteiger charge is -2.13. The summed E-state index contributed by atoms with van der Waals surface area (Å²) in [7, 11) is 0. The fourth-order valence-electron chi connectivity index (χ4n) is 1.64. The van der Waals surface area contributed by atoms with Crippen molar-refractivity contribution in [3.63, 3.8) is 0 Å². The molecular formula is C13H19F3N4O3. The zero-order chi connectivity index (χ0) is 17.5. The molecule has 2 N–H and O–H groups in total. The van der Waals surface area contributed by atoms with Gasteiger partial charge in [0.1, 0.15) is 0 Å². The van der Waals surface area contributed by atoms with Crippen LogP contribution in [0.25, 0.3) is 0 Å². The van der Waals surface area contributed by atoms with Gasteiger partial charge < -0.3 is 14.9 Å². The second-order valence-corrected chi connectivity index (χ2v) is 5.17. The molecule has 7 nitrogen and oxygen atoms in total. The van der Waals surface area contributed by atoms with Crippen molar-refractivity contribution in [1.29, 1.82) is 0 Å². The Kier molecular flexibility index (Phi) is 6.98. The molecule has 0 saturated carbocycles. The van der Waals surface area contributed by atoms with Gasteiger partial charge in [-0.2, -0.15) is 18.2 Å². The van der Waals surface area contributed by atoms with Crippen LogP contribution in [0.5, 0.6) is 0 Å². The largest absolute Gasteiger partial charge is 0.490 e. The molecule has 10 heteroatoms. The second kappa shape index (κ2) is 8.49. The molecule has 0 spiro atoms. The van der Waals surface area contributed by atoms with Crippen molar-refractivity contribution in [3.8, 4) is 0 Å². The molecule has 0 bridgehead atoms. The van der Waals surface area contributed by atoms with Crippen LogP contribution in [0.1, 0.15) is 37.9 Å². The third kappa shape index (κ3) is 6.66. The van der Waals surface area contributed by atoms with Gasteiger partial charge in [-0.25, -0.2) is 4.79 Å². The van der Waals surface area contributed by atoms with Crippen molar-refractivity contribution < 1.29 is 27.6 Å². The van der Waals surface area contributed by atoms with Gasteiger partial charge in [-0.3, -0.25) is 4.99 Å². The molecule has 0 aromatic carbocycles. The number of nitrogens with one attached hydrogen (secondary N) is 1. The molecule has 0 saturated heterocycles. The van der Waals surface area contributed by atoms with E-state index in [1.165, 1.54) is 0 Å². The van der Waals surface area contributed by atoms with Gasteiger partial charge in [0, 0.05) is 13.0 Å². The molecule has 2 heterocycles. The average Bonchev–Trinajstić information content (AvgIpc) is 2.96. The summed E-state index contributed by atoms with van der Waals surface area (Å²) in [6.45, 7) is 5.93. The first-order valence-corrected chi connectivity index (χ1v) is 7.08. The third-order valence-corrected chi connectivity index (χ3v) is 3.18. The predicted octanol–water partition coefficient (Wildman–Crippen LogP) is 2.01. The Morgan fingerprint density at radius 3 is 2.70 bits per heavy atom. The number of rotatable bonds is 4. The number of alkyl halides is 3. The molecule has 2 unspecified atom stereocenters. The van der Waals surface area contributed by atoms with Gasteiger partial charge in [0.15, 0.2) is 5.82 Å². The van der Waals surface area contributed by atoms with Crippen molar-refractivity contribution in [2.45, 2.75) is 38.8 Å². The smallest absolute Gasteiger partial charge is 0.475 e. The molecule has 2 atom stereocenters. The lowest BCUT2D eigenvalue weighted by atomic mass is 10.1. The first kappa shape index (κ1) is 18.9. The number of hydrogen-bond acceptors (Lipinski definition) is 6. The zero-order valence-electron chi connectivity index (χ0n) is 12.8. The van der Waals surface area contributed by atoms with Crippen LogP contribution in [0.15, 0.2) is 9.52 Å². The Morgan fingerprint density at radius 2 is 2.22 bits per heavy atom. The minimum absolute atomic E-state index is 0.225. The van der Waals surface area contributed by atoms with Crippen LogP contribution < -0.4 is 5.32 Å². The predicted molar refractivity (Wildman–Crippen MR) is 75.3 cm³/mol. The quantitative estimate of drug-likeness (QED) is 0.872. The van der Waals surface area contributed by atoms with E-state index in [9.17, 15) is 13.2 Å². The van der Waals surface area contributed by atoms with E-state index in [2.05, 4.69) is 34.3 Å². The minimum atomic E-state index is -5.08. The number of carbonyl (C=O) groups is 1. The van der Waals surface area contributed by atoms with E-state index in [1.54, 1.807) is 6.34 Å². The maximum absolute atomic E-state index is 10.6. The number of hydrogen-bond donors (Lipinski definition) is 2. The van der Waals surface area contributed by atoms with Gasteiger partial charge >= 0.3 is 12.1 Å². The molecule has 0 aliphatic carbocycles. The molecule has 1 aliphatic heterocycles. The van der Waals surface area contributed by atoms with E-state index in [4.69, 9.17) is 14.4 Å². The molecule has 23 heavy (non-hydrogen) atoms. The van der Waals surface area contributed by atoms with Crippen LogP contribution in [0.3, 0.4) is 0 Å². The fourth-order valence-corrected chi connectivity index (χ4v) is 1.64. The average molecular weight is 336 g/mol. The van der Waals surface area contributed by atoms with Crippen molar-refractivity contribution in [1.82, 2.24) is 15.5 Å². The number of aliphatic imine (C=N–C) groups is 1. The Hall–Kier alpha value is -2.13. The van der Waals surface area contributed by atoms with Gasteiger partial charge in [-0.1, -0.05) is 25.4 Å². The maximum atomic E-state index is 10.6. The summed E-state index contributed by atoms with van der Waals surface area (Å²) < 4.78 is 37.0. The SMILES string of the molecule is CCC(C)Cc1noc(C2CN=CNC2)n1.O=C(O)C(F)(F)F. The number of aromatic nitrogens is 2. The summed E-state index contributed by atoms with van der Waals surface area (Å²) >= 11 is 0. The Morgan fingerprint density at radius 1 is 1.57 bits per heavy atom. The monoisotopic (exact) mass is 336 g/mol. The number of carboxylic acid groups (broad SMARTS) is 1. The maximum Gasteiger partial charge on any atom is 0.490 e. The summed E-state index contributed by atoms with van der Waals surface area (Å²) in [6, 6.07) is 0.